The minimum atomic E-state index is -0.617. The van der Waals surface area contributed by atoms with Crippen LogP contribution in [0, 0.1) is 0 Å². The van der Waals surface area contributed by atoms with Gasteiger partial charge in [0.15, 0.2) is 0 Å². The third-order valence-corrected chi connectivity index (χ3v) is 10.4. The van der Waals surface area contributed by atoms with Gasteiger partial charge < -0.3 is 18.5 Å². The van der Waals surface area contributed by atoms with Gasteiger partial charge in [-0.2, -0.15) is 0 Å². The molecule has 4 nitrogen and oxygen atoms in total. The lowest BCUT2D eigenvalue weighted by Crippen LogP contribution is -2.34. The topological polar surface area (TPSA) is 38.8 Å². The molecule has 1 spiro atoms. The first kappa shape index (κ1) is 26.5. The maximum atomic E-state index is 6.84. The summed E-state index contributed by atoms with van der Waals surface area (Å²) in [5, 5.41) is 3.08. The summed E-state index contributed by atoms with van der Waals surface area (Å²) in [4.78, 5) is 2.34. The van der Waals surface area contributed by atoms with Crippen molar-refractivity contribution in [2.75, 3.05) is 4.90 Å². The quantitative estimate of drug-likeness (QED) is 0.195. The molecule has 49 heavy (non-hydrogen) atoms. The summed E-state index contributed by atoms with van der Waals surface area (Å²) in [6.45, 7) is 0. The lowest BCUT2D eigenvalue weighted by atomic mass is 9.65. The molecule has 0 radical (unpaired) electrons. The molecule has 9 aromatic rings. The Labute approximate surface area is 282 Å². The van der Waals surface area contributed by atoms with Crippen LogP contribution in [-0.2, 0) is 5.41 Å². The summed E-state index contributed by atoms with van der Waals surface area (Å²) in [5.41, 5.74) is 11.3. The van der Waals surface area contributed by atoms with Crippen molar-refractivity contribution >= 4 is 50.2 Å². The molecule has 2 aromatic heterocycles. The second kappa shape index (κ2) is 9.75. The fraction of sp³-hybridized carbons (Fsp3) is 0.0222. The number of hydrogen-bond acceptors (Lipinski definition) is 4. The molecule has 2 aliphatic rings. The van der Waals surface area contributed by atoms with Crippen LogP contribution in [0.4, 0.5) is 17.1 Å². The van der Waals surface area contributed by atoms with E-state index in [1.165, 1.54) is 22.3 Å². The van der Waals surface area contributed by atoms with Gasteiger partial charge in [-0.25, -0.2) is 0 Å². The summed E-state index contributed by atoms with van der Waals surface area (Å²) in [6.07, 6.45) is 0. The smallest absolute Gasteiger partial charge is 0.299 e. The number of benzene rings is 7. The molecule has 3 heterocycles. The number of rotatable bonds is 3. The van der Waals surface area contributed by atoms with E-state index in [0.29, 0.717) is 5.78 Å². The van der Waals surface area contributed by atoms with Crippen molar-refractivity contribution in [3.8, 4) is 22.6 Å². The number of hydrogen-bond donors (Lipinski definition) is 0. The molecule has 0 saturated carbocycles. The zero-order valence-corrected chi connectivity index (χ0v) is 26.3. The predicted molar refractivity (Wildman–Crippen MR) is 196 cm³/mol. The van der Waals surface area contributed by atoms with Gasteiger partial charge in [-0.05, 0) is 70.8 Å². The Morgan fingerprint density at radius 1 is 0.449 bits per heavy atom. The first-order chi connectivity index (χ1) is 24.3. The Hall–Kier alpha value is -6.52. The van der Waals surface area contributed by atoms with E-state index in [1.807, 2.05) is 18.2 Å². The van der Waals surface area contributed by atoms with Gasteiger partial charge in [-0.1, -0.05) is 109 Å². The number of anilines is 3. The molecule has 1 aliphatic heterocycles. The van der Waals surface area contributed by atoms with E-state index in [9.17, 15) is 0 Å². The molecule has 0 atom stereocenters. The summed E-state index contributed by atoms with van der Waals surface area (Å²) in [7, 11) is 0. The standard InChI is InChI=1S/C45H27NO3/c1-2-13-28(14-3-1)46(29-25-26-33-41(27-29)49-44-42(33)32-17-6-10-22-38(32)48-44)37-21-12-24-40-43(37)45(36-20-9-11-23-39(36)47-40)34-18-7-4-15-30(34)31-16-5-8-19-35(31)45/h1-27H. The number of fused-ring (bicyclic) bond motifs is 14. The maximum absolute atomic E-state index is 6.84. The van der Waals surface area contributed by atoms with Crippen LogP contribution in [0.1, 0.15) is 22.3 Å². The van der Waals surface area contributed by atoms with Crippen molar-refractivity contribution < 1.29 is 13.6 Å². The van der Waals surface area contributed by atoms with Crippen LogP contribution < -0.4 is 9.64 Å². The van der Waals surface area contributed by atoms with Gasteiger partial charge in [0.05, 0.1) is 16.5 Å². The SMILES string of the molecule is c1ccc(N(c2ccc3c(c2)oc2oc4ccccc4c23)c2cccc3c2C2(c4ccccc4O3)c3ccccc3-c3ccccc32)cc1. The third kappa shape index (κ3) is 3.47. The molecule has 0 bridgehead atoms. The molecule has 4 heteroatoms. The monoisotopic (exact) mass is 629 g/mol. The Morgan fingerprint density at radius 2 is 1.08 bits per heavy atom. The molecule has 0 N–H and O–H groups in total. The fourth-order valence-corrected chi connectivity index (χ4v) is 8.48. The summed E-state index contributed by atoms with van der Waals surface area (Å²) in [5.74, 6) is 2.25. The summed E-state index contributed by atoms with van der Waals surface area (Å²) >= 11 is 0. The lowest BCUT2D eigenvalue weighted by molar-refractivity contribution is 0.437. The second-order valence-electron chi connectivity index (χ2n) is 12.8. The molecule has 7 aromatic carbocycles. The average molecular weight is 630 g/mol. The molecule has 0 unspecified atom stereocenters. The number of ether oxygens (including phenoxy) is 1. The van der Waals surface area contributed by atoms with Gasteiger partial charge in [-0.3, -0.25) is 0 Å². The van der Waals surface area contributed by atoms with Crippen LogP contribution in [0.25, 0.3) is 44.2 Å². The highest BCUT2D eigenvalue weighted by atomic mass is 16.5. The fourth-order valence-electron chi connectivity index (χ4n) is 8.48. The molecule has 11 rings (SSSR count). The number of furan rings is 2. The van der Waals surface area contributed by atoms with E-state index < -0.39 is 5.41 Å². The van der Waals surface area contributed by atoms with Gasteiger partial charge in [-0.15, -0.1) is 0 Å². The zero-order chi connectivity index (χ0) is 32.1. The highest BCUT2D eigenvalue weighted by Crippen LogP contribution is 2.64. The molecule has 230 valence electrons. The van der Waals surface area contributed by atoms with E-state index in [-0.39, 0.29) is 0 Å². The Balaban J connectivity index is 1.23. The average Bonchev–Trinajstić information content (AvgIpc) is 3.79. The largest absolute Gasteiger partial charge is 0.457 e. The van der Waals surface area contributed by atoms with Crippen LogP contribution >= 0.6 is 0 Å². The van der Waals surface area contributed by atoms with Gasteiger partial charge in [0.25, 0.3) is 5.78 Å². The summed E-state index contributed by atoms with van der Waals surface area (Å²) < 4.78 is 19.4. The van der Waals surface area contributed by atoms with E-state index in [2.05, 4.69) is 150 Å². The van der Waals surface area contributed by atoms with E-state index in [1.54, 1.807) is 0 Å². The van der Waals surface area contributed by atoms with Crippen molar-refractivity contribution in [3.63, 3.8) is 0 Å². The van der Waals surface area contributed by atoms with Crippen molar-refractivity contribution in [3.05, 3.63) is 186 Å². The predicted octanol–water partition coefficient (Wildman–Crippen LogP) is 12.3. The number of para-hydroxylation sites is 3. The number of nitrogens with zero attached hydrogens (tertiary/aromatic N) is 1. The minimum Gasteiger partial charge on any atom is -0.457 e. The minimum absolute atomic E-state index is 0.542. The molecular formula is C45H27NO3. The van der Waals surface area contributed by atoms with Gasteiger partial charge in [0, 0.05) is 39.3 Å². The lowest BCUT2D eigenvalue weighted by Gasteiger charge is -2.42. The second-order valence-corrected chi connectivity index (χ2v) is 12.8. The van der Waals surface area contributed by atoms with Crippen LogP contribution in [0.15, 0.2) is 173 Å². The highest BCUT2D eigenvalue weighted by molar-refractivity contribution is 6.17. The van der Waals surface area contributed by atoms with Crippen molar-refractivity contribution in [2.24, 2.45) is 0 Å². The van der Waals surface area contributed by atoms with Crippen LogP contribution in [0.3, 0.4) is 0 Å². The Kier molecular flexibility index (Phi) is 5.28. The molecule has 0 fully saturated rings. The molecule has 0 amide bonds. The van der Waals surface area contributed by atoms with Crippen LogP contribution in [-0.4, -0.2) is 0 Å². The Bertz CT molecular complexity index is 2730. The van der Waals surface area contributed by atoms with E-state index in [4.69, 9.17) is 13.6 Å². The summed E-state index contributed by atoms with van der Waals surface area (Å²) in [6, 6.07) is 57.7. The zero-order valence-electron chi connectivity index (χ0n) is 26.3. The Morgan fingerprint density at radius 3 is 1.90 bits per heavy atom. The highest BCUT2D eigenvalue weighted by Gasteiger charge is 2.52. The molecule has 1 aliphatic carbocycles. The van der Waals surface area contributed by atoms with Gasteiger partial charge >= 0.3 is 0 Å². The van der Waals surface area contributed by atoms with Gasteiger partial charge in [0.2, 0.25) is 0 Å². The normalized spacial score (nSPS) is 13.6. The van der Waals surface area contributed by atoms with Crippen molar-refractivity contribution in [1.82, 2.24) is 0 Å². The molecule has 0 saturated heterocycles. The van der Waals surface area contributed by atoms with Crippen molar-refractivity contribution in [2.45, 2.75) is 5.41 Å². The van der Waals surface area contributed by atoms with E-state index >= 15 is 0 Å². The van der Waals surface area contributed by atoms with Crippen molar-refractivity contribution in [1.29, 1.82) is 0 Å². The van der Waals surface area contributed by atoms with Gasteiger partial charge in [0.1, 0.15) is 22.7 Å². The first-order valence-electron chi connectivity index (χ1n) is 16.6. The third-order valence-electron chi connectivity index (χ3n) is 10.4. The van der Waals surface area contributed by atoms with E-state index in [0.717, 1.165) is 67.0 Å². The molecular weight excluding hydrogens is 602 g/mol. The van der Waals surface area contributed by atoms with Crippen LogP contribution in [0.2, 0.25) is 0 Å². The van der Waals surface area contributed by atoms with Crippen LogP contribution in [0.5, 0.6) is 11.5 Å². The maximum Gasteiger partial charge on any atom is 0.299 e. The first-order valence-corrected chi connectivity index (χ1v) is 16.6.